The van der Waals surface area contributed by atoms with Gasteiger partial charge in [-0.25, -0.2) is 0 Å². The molecule has 0 saturated carbocycles. The number of unbranched alkanes of at least 4 members (excludes halogenated alkanes) is 1. The fourth-order valence-electron chi connectivity index (χ4n) is 3.86. The van der Waals surface area contributed by atoms with Crippen molar-refractivity contribution < 1.29 is 19.1 Å². The molecule has 0 bridgehead atoms. The minimum Gasteiger partial charge on any atom is -0.496 e. The number of likely N-dealkylation sites (N-methyl/N-ethyl adjacent to an activating group) is 1. The van der Waals surface area contributed by atoms with E-state index in [0.717, 1.165) is 18.5 Å². The molecule has 0 saturated heterocycles. The summed E-state index contributed by atoms with van der Waals surface area (Å²) in [6, 6.07) is 17.0. The van der Waals surface area contributed by atoms with Gasteiger partial charge in [0.05, 0.1) is 12.7 Å². The van der Waals surface area contributed by atoms with Gasteiger partial charge in [-0.05, 0) is 38.0 Å². The zero-order valence-electron chi connectivity index (χ0n) is 19.2. The van der Waals surface area contributed by atoms with Crippen molar-refractivity contribution in [1.29, 1.82) is 0 Å². The van der Waals surface area contributed by atoms with E-state index in [1.165, 1.54) is 4.90 Å². The third-order valence-electron chi connectivity index (χ3n) is 5.49. The quantitative estimate of drug-likeness (QED) is 0.362. The minimum absolute atomic E-state index is 0.282. The van der Waals surface area contributed by atoms with Gasteiger partial charge >= 0.3 is 0 Å². The Morgan fingerprint density at radius 2 is 1.56 bits per heavy atom. The molecule has 1 heterocycles. The van der Waals surface area contributed by atoms with Crippen LogP contribution >= 0.6 is 0 Å². The van der Waals surface area contributed by atoms with Gasteiger partial charge in [0.2, 0.25) is 0 Å². The third kappa shape index (κ3) is 5.02. The van der Waals surface area contributed by atoms with E-state index < -0.39 is 0 Å². The molecular weight excluding hydrogens is 404 g/mol. The van der Waals surface area contributed by atoms with Crippen LogP contribution in [0.15, 0.2) is 60.3 Å². The van der Waals surface area contributed by atoms with Gasteiger partial charge in [0.25, 0.3) is 11.8 Å². The number of nitrogens with zero attached hydrogens (tertiary/aromatic N) is 2. The average molecular weight is 437 g/mol. The molecule has 32 heavy (non-hydrogen) atoms. The van der Waals surface area contributed by atoms with Gasteiger partial charge < -0.3 is 14.4 Å². The Hall–Kier alpha value is -3.12. The van der Waals surface area contributed by atoms with Crippen molar-refractivity contribution in [1.82, 2.24) is 4.90 Å². The molecule has 0 atom stereocenters. The lowest BCUT2D eigenvalue weighted by Gasteiger charge is -2.25. The van der Waals surface area contributed by atoms with E-state index in [0.29, 0.717) is 55.3 Å². The molecular formula is C26H32N2O4. The molecule has 0 N–H and O–H groups in total. The van der Waals surface area contributed by atoms with Crippen molar-refractivity contribution in [3.63, 3.8) is 0 Å². The fourth-order valence-corrected chi connectivity index (χ4v) is 3.86. The summed E-state index contributed by atoms with van der Waals surface area (Å²) in [6.45, 7) is 6.17. The number of hydrogen-bond acceptors (Lipinski definition) is 5. The first-order chi connectivity index (χ1) is 15.6. The van der Waals surface area contributed by atoms with Crippen LogP contribution in [-0.2, 0) is 14.3 Å². The van der Waals surface area contributed by atoms with Crippen LogP contribution in [0.25, 0.3) is 5.57 Å². The van der Waals surface area contributed by atoms with Gasteiger partial charge in [0, 0.05) is 37.6 Å². The number of methoxy groups -OCH3 is 1. The monoisotopic (exact) mass is 436 g/mol. The lowest BCUT2D eigenvalue weighted by atomic mass is 10.0. The first-order valence-corrected chi connectivity index (χ1v) is 11.3. The molecule has 2 aromatic carbocycles. The van der Waals surface area contributed by atoms with Crippen molar-refractivity contribution >= 4 is 23.1 Å². The Morgan fingerprint density at radius 1 is 0.875 bits per heavy atom. The Labute approximate surface area is 190 Å². The number of rotatable bonds is 12. The highest BCUT2D eigenvalue weighted by Crippen LogP contribution is 2.37. The second-order valence-corrected chi connectivity index (χ2v) is 7.59. The van der Waals surface area contributed by atoms with Crippen LogP contribution in [0.2, 0.25) is 0 Å². The maximum atomic E-state index is 13.6. The number of ether oxygens (including phenoxy) is 2. The molecule has 3 rings (SSSR count). The second-order valence-electron chi connectivity index (χ2n) is 7.59. The first kappa shape index (κ1) is 23.5. The van der Waals surface area contributed by atoms with Gasteiger partial charge in [0.15, 0.2) is 0 Å². The van der Waals surface area contributed by atoms with E-state index >= 15 is 0 Å². The summed E-state index contributed by atoms with van der Waals surface area (Å²) >= 11 is 0. The second kappa shape index (κ2) is 11.5. The smallest absolute Gasteiger partial charge is 0.278 e. The Balaban J connectivity index is 1.96. The molecule has 0 aliphatic carbocycles. The Morgan fingerprint density at radius 3 is 2.25 bits per heavy atom. The number of hydrogen-bond donors (Lipinski definition) is 0. The van der Waals surface area contributed by atoms with E-state index in [2.05, 4.69) is 6.92 Å². The highest BCUT2D eigenvalue weighted by Gasteiger charge is 2.42. The summed E-state index contributed by atoms with van der Waals surface area (Å²) in [5.41, 5.74) is 2.26. The van der Waals surface area contributed by atoms with Crippen molar-refractivity contribution in [2.75, 3.05) is 38.3 Å². The van der Waals surface area contributed by atoms with Gasteiger partial charge in [-0.15, -0.1) is 0 Å². The summed E-state index contributed by atoms with van der Waals surface area (Å²) in [7, 11) is 1.57. The highest BCUT2D eigenvalue weighted by molar-refractivity contribution is 6.37. The number of carbonyl (C=O) groups excluding carboxylic acids is 2. The molecule has 0 radical (unpaired) electrons. The fraction of sp³-hybridized carbons (Fsp3) is 0.385. The summed E-state index contributed by atoms with van der Waals surface area (Å²) in [4.78, 5) is 30.3. The zero-order valence-corrected chi connectivity index (χ0v) is 19.2. The summed E-state index contributed by atoms with van der Waals surface area (Å²) in [5, 5.41) is 0. The number of amides is 2. The summed E-state index contributed by atoms with van der Waals surface area (Å²) < 4.78 is 11.1. The minimum atomic E-state index is -0.294. The van der Waals surface area contributed by atoms with Crippen LogP contribution in [-0.4, -0.2) is 50.1 Å². The van der Waals surface area contributed by atoms with E-state index in [1.807, 2.05) is 60.4 Å². The maximum absolute atomic E-state index is 13.6. The van der Waals surface area contributed by atoms with Gasteiger partial charge in [-0.2, -0.15) is 0 Å². The van der Waals surface area contributed by atoms with Crippen LogP contribution < -0.4 is 9.64 Å². The van der Waals surface area contributed by atoms with E-state index in [4.69, 9.17) is 9.47 Å². The molecule has 0 aromatic heterocycles. The molecule has 6 heteroatoms. The third-order valence-corrected chi connectivity index (χ3v) is 5.49. The summed E-state index contributed by atoms with van der Waals surface area (Å²) in [5.74, 6) is -0.0115. The van der Waals surface area contributed by atoms with Crippen molar-refractivity contribution in [3.8, 4) is 5.75 Å². The number of carbonyl (C=O) groups is 2. The van der Waals surface area contributed by atoms with Crippen LogP contribution in [0.1, 0.15) is 38.7 Å². The lowest BCUT2D eigenvalue weighted by Crippen LogP contribution is -2.36. The molecule has 0 unspecified atom stereocenters. The molecule has 6 nitrogen and oxygen atoms in total. The molecule has 0 fully saturated rings. The SMILES string of the molecule is CCCCOCCCN1C(=O)C(c2ccccc2OC)=C(N(CC)c2ccccc2)C1=O. The lowest BCUT2D eigenvalue weighted by molar-refractivity contribution is -0.137. The zero-order chi connectivity index (χ0) is 22.9. The number of imide groups is 1. The first-order valence-electron chi connectivity index (χ1n) is 11.3. The molecule has 0 spiro atoms. The van der Waals surface area contributed by atoms with Crippen molar-refractivity contribution in [3.05, 3.63) is 65.9 Å². The molecule has 170 valence electrons. The van der Waals surface area contributed by atoms with Crippen LogP contribution in [0.3, 0.4) is 0 Å². The average Bonchev–Trinajstić information content (AvgIpc) is 3.07. The Kier molecular flexibility index (Phi) is 8.45. The van der Waals surface area contributed by atoms with Crippen molar-refractivity contribution in [2.24, 2.45) is 0 Å². The summed E-state index contributed by atoms with van der Waals surface area (Å²) in [6.07, 6.45) is 2.68. The largest absolute Gasteiger partial charge is 0.496 e. The van der Waals surface area contributed by atoms with Crippen molar-refractivity contribution in [2.45, 2.75) is 33.1 Å². The Bertz CT molecular complexity index is 955. The standard InChI is InChI=1S/C26H32N2O4/c1-4-6-18-32-19-12-17-28-25(29)23(21-15-10-11-16-22(21)31-3)24(26(28)30)27(5-2)20-13-8-7-9-14-20/h7-11,13-16H,4-6,12,17-19H2,1-3H3. The predicted molar refractivity (Wildman–Crippen MR) is 126 cm³/mol. The predicted octanol–water partition coefficient (Wildman–Crippen LogP) is 4.51. The molecule has 2 amide bonds. The number of benzene rings is 2. The van der Waals surface area contributed by atoms with E-state index in [-0.39, 0.29) is 11.8 Å². The number of para-hydroxylation sites is 2. The van der Waals surface area contributed by atoms with E-state index in [1.54, 1.807) is 13.2 Å². The van der Waals surface area contributed by atoms with Crippen LogP contribution in [0.4, 0.5) is 5.69 Å². The highest BCUT2D eigenvalue weighted by atomic mass is 16.5. The maximum Gasteiger partial charge on any atom is 0.278 e. The molecule has 1 aliphatic heterocycles. The van der Waals surface area contributed by atoms with Crippen LogP contribution in [0.5, 0.6) is 5.75 Å². The van der Waals surface area contributed by atoms with Gasteiger partial charge in [-0.3, -0.25) is 14.5 Å². The van der Waals surface area contributed by atoms with Crippen LogP contribution in [0, 0.1) is 0 Å². The molecule has 1 aliphatic rings. The van der Waals surface area contributed by atoms with Gasteiger partial charge in [-0.1, -0.05) is 49.7 Å². The normalized spacial score (nSPS) is 13.8. The topological polar surface area (TPSA) is 59.1 Å². The van der Waals surface area contributed by atoms with Gasteiger partial charge in [0.1, 0.15) is 11.4 Å². The number of anilines is 1. The van der Waals surface area contributed by atoms with E-state index in [9.17, 15) is 9.59 Å². The molecule has 2 aromatic rings.